The van der Waals surface area contributed by atoms with E-state index in [1.807, 2.05) is 79.9 Å². The van der Waals surface area contributed by atoms with Crippen LogP contribution in [0.3, 0.4) is 0 Å². The van der Waals surface area contributed by atoms with Crippen LogP contribution in [0, 0.1) is 19.7 Å². The topological polar surface area (TPSA) is 106 Å². The van der Waals surface area contributed by atoms with Crippen LogP contribution in [0.2, 0.25) is 5.02 Å². The fourth-order valence-corrected chi connectivity index (χ4v) is 9.04. The Bertz CT molecular complexity index is 2540. The molecule has 0 aliphatic carbocycles. The molecule has 3 aromatic carbocycles. The van der Waals surface area contributed by atoms with Gasteiger partial charge in [-0.15, -0.1) is 11.8 Å². The third-order valence-corrected chi connectivity index (χ3v) is 11.8. The van der Waals surface area contributed by atoms with Crippen LogP contribution in [-0.4, -0.2) is 74.0 Å². The first-order valence-corrected chi connectivity index (χ1v) is 21.0. The van der Waals surface area contributed by atoms with Gasteiger partial charge in [0.1, 0.15) is 22.9 Å². The number of ether oxygens (including phenoxy) is 3. The molecule has 3 aromatic heterocycles. The molecule has 1 aliphatic heterocycles. The number of esters is 1. The largest absolute Gasteiger partial charge is 0.493 e. The van der Waals surface area contributed by atoms with Crippen molar-refractivity contribution in [3.8, 4) is 16.9 Å². The monoisotopic (exact) mass is 828 g/mol. The zero-order chi connectivity index (χ0) is 41.5. The standard InChI is InChI=1S/C44H50ClFN6O5S/c1-26-38-35-15-14-34(45)40(38)39-27(2)47-52(18-17-49(6)43(54)57-44(3,4)5)36(39)25-58-24-31-23-32(50(7)48-31)12-10-28-20-29-22-30(46)11-13-33(29)37(21-28)56-19-9-16-51(35)41(26)42(53)55-8/h11,13-15,20-23H,9-10,12,16-19,24-25H2,1-8H3. The van der Waals surface area contributed by atoms with Crippen molar-refractivity contribution in [2.45, 2.75) is 84.1 Å². The summed E-state index contributed by atoms with van der Waals surface area (Å²) in [7, 11) is 5.07. The number of aromatic nitrogens is 5. The molecular weight excluding hydrogens is 779 g/mol. The number of likely N-dealkylation sites (N-methyl/N-ethyl adjacent to an activating group) is 1. The zero-order valence-electron chi connectivity index (χ0n) is 34.4. The predicted molar refractivity (Wildman–Crippen MR) is 227 cm³/mol. The average Bonchev–Trinajstić information content (AvgIpc) is 3.78. The molecule has 4 heterocycles. The van der Waals surface area contributed by atoms with E-state index in [2.05, 4.69) is 6.07 Å². The molecular formula is C44H50ClFN6O5S. The molecule has 14 heteroatoms. The Balaban J connectivity index is 1.34. The van der Waals surface area contributed by atoms with E-state index in [9.17, 15) is 14.0 Å². The fraction of sp³-hybridized carbons (Fsp3) is 0.409. The summed E-state index contributed by atoms with van der Waals surface area (Å²) in [4.78, 5) is 28.0. The number of hydrogen-bond acceptors (Lipinski definition) is 8. The van der Waals surface area contributed by atoms with Crippen LogP contribution in [-0.2, 0) is 54.0 Å². The van der Waals surface area contributed by atoms with Gasteiger partial charge in [-0.1, -0.05) is 17.7 Å². The number of hydrogen-bond donors (Lipinski definition) is 0. The third-order valence-electron chi connectivity index (χ3n) is 10.5. The van der Waals surface area contributed by atoms with Gasteiger partial charge in [-0.05, 0) is 113 Å². The summed E-state index contributed by atoms with van der Waals surface area (Å²) in [5.41, 5.74) is 7.88. The summed E-state index contributed by atoms with van der Waals surface area (Å²) in [5.74, 6) is 1.15. The smallest absolute Gasteiger partial charge is 0.410 e. The second-order valence-electron chi connectivity index (χ2n) is 15.9. The van der Waals surface area contributed by atoms with Gasteiger partial charge in [0.25, 0.3) is 0 Å². The van der Waals surface area contributed by atoms with Crippen LogP contribution in [0.5, 0.6) is 5.75 Å². The number of carbonyl (C=O) groups is 2. The molecule has 0 N–H and O–H groups in total. The van der Waals surface area contributed by atoms with Gasteiger partial charge in [0.2, 0.25) is 0 Å². The summed E-state index contributed by atoms with van der Waals surface area (Å²) in [6.45, 7) is 11.0. The number of methoxy groups -OCH3 is 1. The van der Waals surface area contributed by atoms with E-state index in [-0.39, 0.29) is 5.82 Å². The second kappa shape index (κ2) is 16.7. The lowest BCUT2D eigenvalue weighted by Gasteiger charge is -2.24. The molecule has 0 saturated heterocycles. The first-order valence-electron chi connectivity index (χ1n) is 19.5. The van der Waals surface area contributed by atoms with Gasteiger partial charge in [0, 0.05) is 76.8 Å². The molecule has 0 saturated carbocycles. The fourth-order valence-electron chi connectivity index (χ4n) is 7.84. The van der Waals surface area contributed by atoms with Crippen LogP contribution in [0.15, 0.2) is 48.5 Å². The summed E-state index contributed by atoms with van der Waals surface area (Å²) in [6, 6.07) is 14.8. The van der Waals surface area contributed by atoms with Gasteiger partial charge >= 0.3 is 12.1 Å². The van der Waals surface area contributed by atoms with Crippen molar-refractivity contribution in [1.82, 2.24) is 29.0 Å². The molecule has 0 atom stereocenters. The van der Waals surface area contributed by atoms with Crippen LogP contribution in [0.4, 0.5) is 9.18 Å². The molecule has 7 rings (SSSR count). The van der Waals surface area contributed by atoms with Crippen molar-refractivity contribution in [1.29, 1.82) is 0 Å². The quantitative estimate of drug-likeness (QED) is 0.162. The number of rotatable bonds is 4. The van der Waals surface area contributed by atoms with Gasteiger partial charge in [-0.25, -0.2) is 14.0 Å². The minimum absolute atomic E-state index is 0.301. The average molecular weight is 829 g/mol. The molecule has 0 fully saturated rings. The summed E-state index contributed by atoms with van der Waals surface area (Å²) < 4.78 is 37.8. The second-order valence-corrected chi connectivity index (χ2v) is 17.3. The van der Waals surface area contributed by atoms with Crippen LogP contribution in [0.25, 0.3) is 32.8 Å². The van der Waals surface area contributed by atoms with Gasteiger partial charge < -0.3 is 23.7 Å². The first kappa shape index (κ1) is 41.2. The Morgan fingerprint density at radius 3 is 2.59 bits per heavy atom. The lowest BCUT2D eigenvalue weighted by molar-refractivity contribution is 0.0291. The number of halogens is 2. The summed E-state index contributed by atoms with van der Waals surface area (Å²) in [5, 5.41) is 12.9. The highest BCUT2D eigenvalue weighted by atomic mass is 35.5. The number of thioether (sulfide) groups is 1. The van der Waals surface area contributed by atoms with Crippen molar-refractivity contribution < 1.29 is 28.2 Å². The van der Waals surface area contributed by atoms with E-state index < -0.39 is 17.7 Å². The van der Waals surface area contributed by atoms with Crippen LogP contribution in [0.1, 0.15) is 71.6 Å². The van der Waals surface area contributed by atoms with E-state index in [0.717, 1.165) is 73.1 Å². The third kappa shape index (κ3) is 8.42. The van der Waals surface area contributed by atoms with E-state index in [0.29, 0.717) is 67.1 Å². The van der Waals surface area contributed by atoms with Crippen molar-refractivity contribution in [3.05, 3.63) is 99.0 Å². The number of carbonyl (C=O) groups excluding carboxylic acids is 2. The van der Waals surface area contributed by atoms with Gasteiger partial charge in [0.15, 0.2) is 0 Å². The van der Waals surface area contributed by atoms with E-state index in [4.69, 9.17) is 36.0 Å². The molecule has 6 aromatic rings. The SMILES string of the molecule is COC(=O)c1c(C)c2c3c(Cl)ccc2n1CCCOc1cc(cc2cc(F)ccc12)CCc1cc(nn1C)CSCc1c-3c(C)nn1CCN(C)C(=O)OC(C)(C)C. The highest BCUT2D eigenvalue weighted by molar-refractivity contribution is 7.97. The van der Waals surface area contributed by atoms with Gasteiger partial charge in [-0.2, -0.15) is 10.2 Å². The Hall–Kier alpha value is -5.01. The Labute approximate surface area is 347 Å². The van der Waals surface area contributed by atoms with Crippen molar-refractivity contribution in [3.63, 3.8) is 0 Å². The number of nitrogens with zero attached hydrogens (tertiary/aromatic N) is 6. The number of benzene rings is 3. The van der Waals surface area contributed by atoms with Crippen molar-refractivity contribution in [2.75, 3.05) is 27.3 Å². The van der Waals surface area contributed by atoms with Gasteiger partial charge in [0.05, 0.1) is 37.3 Å². The maximum Gasteiger partial charge on any atom is 0.410 e. The number of amides is 1. The number of aryl methyl sites for hydroxylation is 6. The van der Waals surface area contributed by atoms with Crippen LogP contribution < -0.4 is 4.74 Å². The summed E-state index contributed by atoms with van der Waals surface area (Å²) in [6.07, 6.45) is 1.62. The molecule has 1 amide bonds. The van der Waals surface area contributed by atoms with E-state index >= 15 is 0 Å². The lowest BCUT2D eigenvalue weighted by Crippen LogP contribution is -2.36. The molecule has 11 nitrogen and oxygen atoms in total. The molecule has 306 valence electrons. The Morgan fingerprint density at radius 2 is 1.83 bits per heavy atom. The number of fused-ring (bicyclic) bond motifs is 8. The van der Waals surface area contributed by atoms with Crippen LogP contribution >= 0.6 is 23.4 Å². The molecule has 0 spiro atoms. The normalized spacial score (nSPS) is 13.9. The molecule has 1 aliphatic rings. The predicted octanol–water partition coefficient (Wildman–Crippen LogP) is 9.46. The zero-order valence-corrected chi connectivity index (χ0v) is 35.9. The maximum absolute atomic E-state index is 14.5. The highest BCUT2D eigenvalue weighted by Crippen LogP contribution is 2.43. The Morgan fingerprint density at radius 1 is 1.03 bits per heavy atom. The first-order chi connectivity index (χ1) is 27.6. The van der Waals surface area contributed by atoms with E-state index in [1.165, 1.54) is 13.2 Å². The molecule has 8 bridgehead atoms. The molecule has 0 radical (unpaired) electrons. The molecule has 58 heavy (non-hydrogen) atoms. The summed E-state index contributed by atoms with van der Waals surface area (Å²) >= 11 is 8.91. The van der Waals surface area contributed by atoms with Crippen molar-refractivity contribution >= 4 is 57.1 Å². The van der Waals surface area contributed by atoms with E-state index in [1.54, 1.807) is 35.8 Å². The van der Waals surface area contributed by atoms with Crippen molar-refractivity contribution in [2.24, 2.45) is 7.05 Å². The maximum atomic E-state index is 14.5. The minimum Gasteiger partial charge on any atom is -0.493 e. The minimum atomic E-state index is -0.621. The lowest BCUT2D eigenvalue weighted by atomic mass is 9.97. The van der Waals surface area contributed by atoms with Gasteiger partial charge in [-0.3, -0.25) is 9.36 Å². The molecule has 0 unspecified atom stereocenters. The highest BCUT2D eigenvalue weighted by Gasteiger charge is 2.29. The Kier molecular flexibility index (Phi) is 11.8.